The summed E-state index contributed by atoms with van der Waals surface area (Å²) >= 11 is 0. The zero-order chi connectivity index (χ0) is 15.0. The monoisotopic (exact) mass is 286 g/mol. The highest BCUT2D eigenvalue weighted by Gasteiger charge is 2.32. The number of carbonyl (C=O) groups excluding carboxylic acids is 1. The molecular formula is C15H26O5. The SMILES string of the molecule is CCCCCCC[C@@H](O)[C@H](O)[C@@H]1CC(OC)=CC(=O)O1. The lowest BCUT2D eigenvalue weighted by Crippen LogP contribution is -2.42. The van der Waals surface area contributed by atoms with Gasteiger partial charge in [0.2, 0.25) is 0 Å². The number of esters is 1. The summed E-state index contributed by atoms with van der Waals surface area (Å²) in [6, 6.07) is 0. The van der Waals surface area contributed by atoms with Gasteiger partial charge in [-0.1, -0.05) is 39.0 Å². The summed E-state index contributed by atoms with van der Waals surface area (Å²) in [4.78, 5) is 11.3. The lowest BCUT2D eigenvalue weighted by Gasteiger charge is -2.29. The molecule has 0 radical (unpaired) electrons. The molecule has 0 aromatic rings. The first-order valence-corrected chi connectivity index (χ1v) is 7.39. The quantitative estimate of drug-likeness (QED) is 0.500. The van der Waals surface area contributed by atoms with Crippen LogP contribution in [0.5, 0.6) is 0 Å². The van der Waals surface area contributed by atoms with Crippen LogP contribution >= 0.6 is 0 Å². The summed E-state index contributed by atoms with van der Waals surface area (Å²) in [6.07, 6.45) is 4.85. The maximum Gasteiger partial charge on any atom is 0.334 e. The molecule has 0 aliphatic carbocycles. The lowest BCUT2D eigenvalue weighted by atomic mass is 9.98. The van der Waals surface area contributed by atoms with Crippen LogP contribution < -0.4 is 0 Å². The van der Waals surface area contributed by atoms with Gasteiger partial charge in [-0.3, -0.25) is 0 Å². The van der Waals surface area contributed by atoms with Crippen LogP contribution in [0.15, 0.2) is 11.8 Å². The van der Waals surface area contributed by atoms with E-state index in [2.05, 4.69) is 6.92 Å². The van der Waals surface area contributed by atoms with Crippen molar-refractivity contribution in [3.05, 3.63) is 11.8 Å². The average molecular weight is 286 g/mol. The zero-order valence-corrected chi connectivity index (χ0v) is 12.4. The molecule has 0 spiro atoms. The molecular weight excluding hydrogens is 260 g/mol. The topological polar surface area (TPSA) is 76.0 Å². The predicted octanol–water partition coefficient (Wildman–Crippen LogP) is 1.91. The van der Waals surface area contributed by atoms with E-state index in [1.807, 2.05) is 0 Å². The normalized spacial score (nSPS) is 21.9. The van der Waals surface area contributed by atoms with Crippen LogP contribution in [-0.2, 0) is 14.3 Å². The van der Waals surface area contributed by atoms with Crippen LogP contribution in [0.4, 0.5) is 0 Å². The van der Waals surface area contributed by atoms with Gasteiger partial charge in [0.15, 0.2) is 0 Å². The van der Waals surface area contributed by atoms with Crippen molar-refractivity contribution >= 4 is 5.97 Å². The minimum absolute atomic E-state index is 0.302. The van der Waals surface area contributed by atoms with Gasteiger partial charge < -0.3 is 19.7 Å². The van der Waals surface area contributed by atoms with Crippen LogP contribution in [0.25, 0.3) is 0 Å². The third-order valence-corrected chi connectivity index (χ3v) is 3.59. The van der Waals surface area contributed by atoms with Crippen molar-refractivity contribution in [1.82, 2.24) is 0 Å². The molecule has 1 heterocycles. The summed E-state index contributed by atoms with van der Waals surface area (Å²) < 4.78 is 10.1. The molecule has 0 fully saturated rings. The molecule has 1 aliphatic rings. The highest BCUT2D eigenvalue weighted by molar-refractivity contribution is 5.83. The van der Waals surface area contributed by atoms with E-state index in [0.29, 0.717) is 18.6 Å². The van der Waals surface area contributed by atoms with Gasteiger partial charge in [0.25, 0.3) is 0 Å². The predicted molar refractivity (Wildman–Crippen MR) is 75.0 cm³/mol. The second-order valence-electron chi connectivity index (χ2n) is 5.26. The van der Waals surface area contributed by atoms with Gasteiger partial charge in [0, 0.05) is 6.42 Å². The molecule has 0 amide bonds. The third-order valence-electron chi connectivity index (χ3n) is 3.59. The molecule has 5 nitrogen and oxygen atoms in total. The van der Waals surface area contributed by atoms with Crippen molar-refractivity contribution in [2.24, 2.45) is 0 Å². The first kappa shape index (κ1) is 17.0. The van der Waals surface area contributed by atoms with Crippen molar-refractivity contribution in [2.45, 2.75) is 70.2 Å². The number of cyclic esters (lactones) is 1. The Bertz CT molecular complexity index is 326. The maximum atomic E-state index is 11.3. The molecule has 0 aromatic heterocycles. The standard InChI is InChI=1S/C15H26O5/c1-3-4-5-6-7-8-12(16)15(18)13-9-11(19-2)10-14(17)20-13/h10,12-13,15-16,18H,3-9H2,1-2H3/t12-,13+,15+/m1/s1. The van der Waals surface area contributed by atoms with E-state index in [0.717, 1.165) is 19.3 Å². The summed E-state index contributed by atoms with van der Waals surface area (Å²) in [5, 5.41) is 20.0. The van der Waals surface area contributed by atoms with Gasteiger partial charge in [-0.15, -0.1) is 0 Å². The van der Waals surface area contributed by atoms with Gasteiger partial charge in [0.1, 0.15) is 18.0 Å². The number of hydrogen-bond acceptors (Lipinski definition) is 5. The molecule has 1 rings (SSSR count). The minimum Gasteiger partial charge on any atom is -0.501 e. The molecule has 0 saturated heterocycles. The van der Waals surface area contributed by atoms with Gasteiger partial charge in [-0.2, -0.15) is 0 Å². The van der Waals surface area contributed by atoms with E-state index in [-0.39, 0.29) is 0 Å². The number of aliphatic hydroxyl groups is 2. The molecule has 0 bridgehead atoms. The number of ether oxygens (including phenoxy) is 2. The van der Waals surface area contributed by atoms with E-state index < -0.39 is 24.3 Å². The Morgan fingerprint density at radius 2 is 2.05 bits per heavy atom. The molecule has 2 N–H and O–H groups in total. The van der Waals surface area contributed by atoms with E-state index >= 15 is 0 Å². The summed E-state index contributed by atoms with van der Waals surface area (Å²) in [6.45, 7) is 2.15. The highest BCUT2D eigenvalue weighted by Crippen LogP contribution is 2.22. The van der Waals surface area contributed by atoms with Crippen molar-refractivity contribution in [3.8, 4) is 0 Å². The first-order valence-electron chi connectivity index (χ1n) is 7.39. The van der Waals surface area contributed by atoms with Crippen molar-refractivity contribution in [1.29, 1.82) is 0 Å². The van der Waals surface area contributed by atoms with Crippen molar-refractivity contribution in [3.63, 3.8) is 0 Å². The fourth-order valence-corrected chi connectivity index (χ4v) is 2.32. The minimum atomic E-state index is -1.07. The van der Waals surface area contributed by atoms with Gasteiger partial charge in [0.05, 0.1) is 19.3 Å². The van der Waals surface area contributed by atoms with E-state index in [9.17, 15) is 15.0 Å². The number of hydrogen-bond donors (Lipinski definition) is 2. The van der Waals surface area contributed by atoms with Crippen LogP contribution in [0.1, 0.15) is 51.9 Å². The first-order chi connectivity index (χ1) is 9.58. The number of methoxy groups -OCH3 is 1. The summed E-state index contributed by atoms with van der Waals surface area (Å²) in [5.41, 5.74) is 0. The summed E-state index contributed by atoms with van der Waals surface area (Å²) in [5.74, 6) is -0.0623. The molecule has 0 saturated carbocycles. The molecule has 0 unspecified atom stereocenters. The molecule has 0 aromatic carbocycles. The Morgan fingerprint density at radius 1 is 1.35 bits per heavy atom. The third kappa shape index (κ3) is 5.51. The van der Waals surface area contributed by atoms with Gasteiger partial charge >= 0.3 is 5.97 Å². The van der Waals surface area contributed by atoms with Crippen molar-refractivity contribution in [2.75, 3.05) is 7.11 Å². The van der Waals surface area contributed by atoms with E-state index in [4.69, 9.17) is 9.47 Å². The van der Waals surface area contributed by atoms with Crippen LogP contribution in [-0.4, -0.2) is 41.6 Å². The molecule has 116 valence electrons. The second-order valence-corrected chi connectivity index (χ2v) is 5.26. The molecule has 5 heteroatoms. The Hall–Kier alpha value is -1.07. The average Bonchev–Trinajstić information content (AvgIpc) is 2.45. The van der Waals surface area contributed by atoms with E-state index in [1.165, 1.54) is 26.0 Å². The number of carbonyl (C=O) groups is 1. The fraction of sp³-hybridized carbons (Fsp3) is 0.800. The molecule has 3 atom stereocenters. The number of unbranched alkanes of at least 4 members (excludes halogenated alkanes) is 4. The fourth-order valence-electron chi connectivity index (χ4n) is 2.32. The largest absolute Gasteiger partial charge is 0.501 e. The number of aliphatic hydroxyl groups excluding tert-OH is 2. The van der Waals surface area contributed by atoms with Crippen molar-refractivity contribution < 1.29 is 24.5 Å². The van der Waals surface area contributed by atoms with Gasteiger partial charge in [-0.25, -0.2) is 4.79 Å². The Morgan fingerprint density at radius 3 is 2.70 bits per heavy atom. The maximum absolute atomic E-state index is 11.3. The Balaban J connectivity index is 2.35. The second kappa shape index (κ2) is 8.97. The zero-order valence-electron chi connectivity index (χ0n) is 12.4. The Labute approximate surface area is 120 Å². The summed E-state index contributed by atoms with van der Waals surface area (Å²) in [7, 11) is 1.47. The molecule has 20 heavy (non-hydrogen) atoms. The molecule has 1 aliphatic heterocycles. The Kier molecular flexibility index (Phi) is 7.62. The van der Waals surface area contributed by atoms with E-state index in [1.54, 1.807) is 0 Å². The van der Waals surface area contributed by atoms with Gasteiger partial charge in [-0.05, 0) is 6.42 Å². The highest BCUT2D eigenvalue weighted by atomic mass is 16.6. The van der Waals surface area contributed by atoms with Crippen LogP contribution in [0.2, 0.25) is 0 Å². The van der Waals surface area contributed by atoms with Crippen LogP contribution in [0, 0.1) is 0 Å². The smallest absolute Gasteiger partial charge is 0.334 e. The van der Waals surface area contributed by atoms with Crippen LogP contribution in [0.3, 0.4) is 0 Å². The number of rotatable bonds is 9. The lowest BCUT2D eigenvalue weighted by molar-refractivity contribution is -0.157.